The zero-order valence-electron chi connectivity index (χ0n) is 16.6. The van der Waals surface area contributed by atoms with Crippen LogP contribution < -0.4 is 15.5 Å². The molecule has 2 aliphatic rings. The number of amides is 2. The molecule has 0 aliphatic carbocycles. The smallest absolute Gasteiger partial charge is 0.422 e. The van der Waals surface area contributed by atoms with E-state index >= 15 is 0 Å². The summed E-state index contributed by atoms with van der Waals surface area (Å²) in [4.78, 5) is 24.8. The van der Waals surface area contributed by atoms with Crippen molar-refractivity contribution in [3.63, 3.8) is 0 Å². The molecular weight excluding hydrogens is 484 g/mol. The SMILES string of the molecule is O=C(Nc1cc(C(F)(F)F)ccc1OCC(F)(F)F)C1=CCC(=O)N([C@@H]2CCS(=O)(=O)C2)N1. The topological polar surface area (TPSA) is 105 Å². The third-order valence-electron chi connectivity index (χ3n) is 4.76. The Hall–Kier alpha value is -2.97. The van der Waals surface area contributed by atoms with Gasteiger partial charge in [-0.25, -0.2) is 8.42 Å². The first-order valence-electron chi connectivity index (χ1n) is 9.36. The number of nitrogens with zero attached hydrogens (tertiary/aromatic N) is 1. The highest BCUT2D eigenvalue weighted by molar-refractivity contribution is 7.91. The molecule has 0 radical (unpaired) electrons. The van der Waals surface area contributed by atoms with Gasteiger partial charge >= 0.3 is 12.4 Å². The molecule has 0 unspecified atom stereocenters. The molecule has 1 saturated heterocycles. The van der Waals surface area contributed by atoms with Crippen LogP contribution in [0.5, 0.6) is 5.75 Å². The first-order valence-corrected chi connectivity index (χ1v) is 11.2. The molecule has 15 heteroatoms. The molecule has 2 aliphatic heterocycles. The maximum absolute atomic E-state index is 13.0. The Balaban J connectivity index is 1.81. The fourth-order valence-corrected chi connectivity index (χ4v) is 4.92. The van der Waals surface area contributed by atoms with Gasteiger partial charge in [0.1, 0.15) is 11.4 Å². The number of hydrazine groups is 1. The number of sulfone groups is 1. The van der Waals surface area contributed by atoms with Crippen molar-refractivity contribution < 1.29 is 49.1 Å². The van der Waals surface area contributed by atoms with Crippen LogP contribution in [-0.4, -0.2) is 55.6 Å². The summed E-state index contributed by atoms with van der Waals surface area (Å²) in [6.07, 6.45) is -8.67. The van der Waals surface area contributed by atoms with Gasteiger partial charge in [0.05, 0.1) is 28.8 Å². The van der Waals surface area contributed by atoms with Gasteiger partial charge in [-0.1, -0.05) is 0 Å². The van der Waals surface area contributed by atoms with Crippen molar-refractivity contribution in [1.29, 1.82) is 0 Å². The summed E-state index contributed by atoms with van der Waals surface area (Å²) in [7, 11) is -3.37. The van der Waals surface area contributed by atoms with E-state index in [1.807, 2.05) is 0 Å². The Morgan fingerprint density at radius 3 is 2.48 bits per heavy atom. The summed E-state index contributed by atoms with van der Waals surface area (Å²) in [5.74, 6) is -2.73. The average molecular weight is 501 g/mol. The number of halogens is 6. The molecule has 0 aromatic heterocycles. The Kier molecular flexibility index (Phi) is 6.55. The Morgan fingerprint density at radius 1 is 1.21 bits per heavy atom. The molecule has 0 bridgehead atoms. The maximum Gasteiger partial charge on any atom is 0.422 e. The summed E-state index contributed by atoms with van der Waals surface area (Å²) < 4.78 is 104. The first kappa shape index (κ1) is 24.7. The summed E-state index contributed by atoms with van der Waals surface area (Å²) in [5.41, 5.74) is 0.243. The van der Waals surface area contributed by atoms with Gasteiger partial charge in [0.25, 0.3) is 5.91 Å². The molecule has 33 heavy (non-hydrogen) atoms. The lowest BCUT2D eigenvalue weighted by Gasteiger charge is -2.32. The molecule has 0 spiro atoms. The Labute approximate surface area is 183 Å². The molecule has 1 aromatic rings. The minimum absolute atomic E-state index is 0.124. The summed E-state index contributed by atoms with van der Waals surface area (Å²) >= 11 is 0. The molecule has 2 amide bonds. The van der Waals surface area contributed by atoms with Gasteiger partial charge in [0, 0.05) is 6.42 Å². The summed E-state index contributed by atoms with van der Waals surface area (Å²) in [5, 5.41) is 3.02. The van der Waals surface area contributed by atoms with E-state index in [0.29, 0.717) is 18.2 Å². The van der Waals surface area contributed by atoms with Crippen LogP contribution >= 0.6 is 0 Å². The Bertz CT molecular complexity index is 1080. The van der Waals surface area contributed by atoms with E-state index in [1.165, 1.54) is 0 Å². The number of ether oxygens (including phenoxy) is 1. The standard InChI is InChI=1S/C18H17F6N3O5S/c19-17(20,21)9-32-14-3-1-10(18(22,23)24)7-13(14)25-16(29)12-2-4-15(28)27(26-12)11-5-6-33(30,31)8-11/h1-3,7,11,26H,4-6,8-9H2,(H,25,29)/t11-/m1/s1. The lowest BCUT2D eigenvalue weighted by atomic mass is 10.1. The minimum atomic E-state index is -4.85. The third-order valence-corrected chi connectivity index (χ3v) is 6.51. The van der Waals surface area contributed by atoms with Crippen LogP contribution in [0.2, 0.25) is 0 Å². The van der Waals surface area contributed by atoms with Crippen molar-refractivity contribution in [3.05, 3.63) is 35.5 Å². The van der Waals surface area contributed by atoms with Gasteiger partial charge in [-0.3, -0.25) is 20.0 Å². The Morgan fingerprint density at radius 2 is 1.91 bits per heavy atom. The van der Waals surface area contributed by atoms with Crippen molar-refractivity contribution in [3.8, 4) is 5.75 Å². The lowest BCUT2D eigenvalue weighted by Crippen LogP contribution is -2.53. The van der Waals surface area contributed by atoms with Gasteiger partial charge in [-0.15, -0.1) is 0 Å². The van der Waals surface area contributed by atoms with Gasteiger partial charge in [-0.2, -0.15) is 26.3 Å². The van der Waals surface area contributed by atoms with E-state index in [1.54, 1.807) is 0 Å². The van der Waals surface area contributed by atoms with Crippen molar-refractivity contribution in [2.75, 3.05) is 23.4 Å². The highest BCUT2D eigenvalue weighted by Gasteiger charge is 2.37. The van der Waals surface area contributed by atoms with Crippen LogP contribution in [0, 0.1) is 0 Å². The largest absolute Gasteiger partial charge is 0.482 e. The van der Waals surface area contributed by atoms with E-state index < -0.39 is 63.7 Å². The second-order valence-electron chi connectivity index (χ2n) is 7.32. The van der Waals surface area contributed by atoms with Crippen molar-refractivity contribution >= 4 is 27.3 Å². The number of carbonyl (C=O) groups excluding carboxylic acids is 2. The zero-order chi connectivity index (χ0) is 24.6. The fraction of sp³-hybridized carbons (Fsp3) is 0.444. The van der Waals surface area contributed by atoms with Crippen molar-refractivity contribution in [2.24, 2.45) is 0 Å². The normalized spacial score (nSPS) is 20.8. The number of rotatable bonds is 5. The van der Waals surface area contributed by atoms with Gasteiger partial charge in [0.15, 0.2) is 16.4 Å². The molecule has 1 fully saturated rings. The van der Waals surface area contributed by atoms with Gasteiger partial charge < -0.3 is 10.1 Å². The number of alkyl halides is 6. The van der Waals surface area contributed by atoms with E-state index in [-0.39, 0.29) is 30.0 Å². The molecule has 3 rings (SSSR count). The van der Waals surface area contributed by atoms with E-state index in [4.69, 9.17) is 0 Å². The molecule has 2 N–H and O–H groups in total. The summed E-state index contributed by atoms with van der Waals surface area (Å²) in [6, 6.07) is 0.810. The van der Waals surface area contributed by atoms with Crippen LogP contribution in [-0.2, 0) is 25.6 Å². The number of anilines is 1. The highest BCUT2D eigenvalue weighted by Crippen LogP contribution is 2.36. The third kappa shape index (κ3) is 6.30. The second-order valence-corrected chi connectivity index (χ2v) is 9.55. The monoisotopic (exact) mass is 501 g/mol. The number of carbonyl (C=O) groups is 2. The van der Waals surface area contributed by atoms with Crippen molar-refractivity contribution in [1.82, 2.24) is 10.4 Å². The molecule has 1 aromatic carbocycles. The highest BCUT2D eigenvalue weighted by atomic mass is 32.2. The lowest BCUT2D eigenvalue weighted by molar-refractivity contribution is -0.153. The van der Waals surface area contributed by atoms with Crippen LogP contribution in [0.3, 0.4) is 0 Å². The summed E-state index contributed by atoms with van der Waals surface area (Å²) in [6.45, 7) is -1.80. The van der Waals surface area contributed by atoms with Crippen molar-refractivity contribution in [2.45, 2.75) is 31.2 Å². The van der Waals surface area contributed by atoms with E-state index in [2.05, 4.69) is 15.5 Å². The maximum atomic E-state index is 13.0. The minimum Gasteiger partial charge on any atom is -0.482 e. The van der Waals surface area contributed by atoms with Crippen LogP contribution in [0.1, 0.15) is 18.4 Å². The fourth-order valence-electron chi connectivity index (χ4n) is 3.22. The van der Waals surface area contributed by atoms with Crippen LogP contribution in [0.4, 0.5) is 32.0 Å². The molecule has 8 nitrogen and oxygen atoms in total. The van der Waals surface area contributed by atoms with Crippen LogP contribution in [0.15, 0.2) is 30.0 Å². The molecule has 0 saturated carbocycles. The number of hydrogen-bond acceptors (Lipinski definition) is 6. The van der Waals surface area contributed by atoms with Gasteiger partial charge in [0.2, 0.25) is 5.91 Å². The second kappa shape index (κ2) is 8.76. The number of hydrogen-bond donors (Lipinski definition) is 2. The molecular formula is C18H17F6N3O5S. The molecule has 182 valence electrons. The first-order chi connectivity index (χ1) is 15.1. The number of benzene rings is 1. The predicted octanol–water partition coefficient (Wildman–Crippen LogP) is 2.39. The average Bonchev–Trinajstić information content (AvgIpc) is 3.05. The number of nitrogens with one attached hydrogen (secondary N) is 2. The van der Waals surface area contributed by atoms with E-state index in [9.17, 15) is 44.3 Å². The quantitative estimate of drug-likeness (QED) is 0.601. The molecule has 1 atom stereocenters. The van der Waals surface area contributed by atoms with E-state index in [0.717, 1.165) is 11.1 Å². The van der Waals surface area contributed by atoms with Gasteiger partial charge in [-0.05, 0) is 30.7 Å². The predicted molar refractivity (Wildman–Crippen MR) is 101 cm³/mol. The zero-order valence-corrected chi connectivity index (χ0v) is 17.4. The van der Waals surface area contributed by atoms with Crippen LogP contribution in [0.25, 0.3) is 0 Å². The molecule has 2 heterocycles.